The Balaban J connectivity index is 1.19. The van der Waals surface area contributed by atoms with Gasteiger partial charge in [0.15, 0.2) is 0 Å². The van der Waals surface area contributed by atoms with E-state index in [2.05, 4.69) is 48.9 Å². The van der Waals surface area contributed by atoms with Crippen LogP contribution < -0.4 is 10.1 Å². The topological polar surface area (TPSA) is 66.4 Å². The number of benzene rings is 1. The van der Waals surface area contributed by atoms with Crippen molar-refractivity contribution in [2.24, 2.45) is 22.7 Å². The van der Waals surface area contributed by atoms with E-state index in [4.69, 9.17) is 14.5 Å². The summed E-state index contributed by atoms with van der Waals surface area (Å²) in [6, 6.07) is 6.10. The monoisotopic (exact) mass is 498 g/mol. The summed E-state index contributed by atoms with van der Waals surface area (Å²) in [4.78, 5) is 22.7. The van der Waals surface area contributed by atoms with Crippen LogP contribution in [0.1, 0.15) is 57.6 Å². The van der Waals surface area contributed by atoms with E-state index in [0.717, 1.165) is 80.7 Å². The average Bonchev–Trinajstić information content (AvgIpc) is 3.20. The second kappa shape index (κ2) is 12.4. The molecule has 0 spiro atoms. The normalized spacial score (nSPS) is 28.0. The lowest BCUT2D eigenvalue weighted by molar-refractivity contribution is -0.126. The predicted octanol–water partition coefficient (Wildman–Crippen LogP) is 3.73. The Hall–Kier alpha value is -2.12. The molecule has 1 N–H and O–H groups in total. The lowest BCUT2D eigenvalue weighted by Gasteiger charge is -2.35. The third kappa shape index (κ3) is 6.80. The number of carbonyl (C=O) groups is 1. The Morgan fingerprint density at radius 1 is 1.14 bits per heavy atom. The van der Waals surface area contributed by atoms with Gasteiger partial charge in [0.05, 0.1) is 12.7 Å². The number of amides is 1. The molecule has 2 fully saturated rings. The van der Waals surface area contributed by atoms with Gasteiger partial charge in [-0.3, -0.25) is 4.79 Å². The Labute approximate surface area is 217 Å². The fourth-order valence-electron chi connectivity index (χ4n) is 6.21. The van der Waals surface area contributed by atoms with E-state index in [1.54, 1.807) is 7.11 Å². The molecule has 0 bridgehead atoms. The molecule has 7 heteroatoms. The van der Waals surface area contributed by atoms with E-state index in [1.807, 2.05) is 12.1 Å². The molecular weight excluding hydrogens is 452 g/mol. The first-order chi connectivity index (χ1) is 17.3. The molecule has 1 amide bonds. The van der Waals surface area contributed by atoms with E-state index < -0.39 is 0 Å². The number of aliphatic imine (C=N–C) groups is 1. The molecule has 0 aromatic heterocycles. The van der Waals surface area contributed by atoms with Gasteiger partial charge < -0.3 is 24.6 Å². The van der Waals surface area contributed by atoms with Crippen molar-refractivity contribution in [1.29, 1.82) is 0 Å². The van der Waals surface area contributed by atoms with E-state index >= 15 is 0 Å². The summed E-state index contributed by atoms with van der Waals surface area (Å²) < 4.78 is 11.7. The fraction of sp³-hybridized carbons (Fsp3) is 0.724. The molecule has 0 radical (unpaired) electrons. The van der Waals surface area contributed by atoms with E-state index in [0.29, 0.717) is 5.90 Å². The Bertz CT molecular complexity index is 902. The molecule has 7 nitrogen and oxygen atoms in total. The van der Waals surface area contributed by atoms with Gasteiger partial charge in [-0.25, -0.2) is 4.99 Å². The minimum atomic E-state index is 0.0243. The second-order valence-electron chi connectivity index (χ2n) is 11.4. The van der Waals surface area contributed by atoms with Crippen molar-refractivity contribution in [3.8, 4) is 5.75 Å². The molecular formula is C29H46N4O3. The molecule has 0 saturated carbocycles. The smallest absolute Gasteiger partial charge is 0.223 e. The molecule has 36 heavy (non-hydrogen) atoms. The molecule has 2 unspecified atom stereocenters. The highest BCUT2D eigenvalue weighted by molar-refractivity contribution is 5.99. The van der Waals surface area contributed by atoms with Gasteiger partial charge in [-0.15, -0.1) is 0 Å². The summed E-state index contributed by atoms with van der Waals surface area (Å²) in [5.41, 5.74) is 2.06. The number of nitrogens with zero attached hydrogens (tertiary/aromatic N) is 3. The van der Waals surface area contributed by atoms with Crippen LogP contribution in [0.2, 0.25) is 0 Å². The van der Waals surface area contributed by atoms with Crippen molar-refractivity contribution in [3.63, 3.8) is 0 Å². The Morgan fingerprint density at radius 3 is 2.56 bits per heavy atom. The Kier molecular flexibility index (Phi) is 9.29. The highest BCUT2D eigenvalue weighted by atomic mass is 16.5. The minimum absolute atomic E-state index is 0.0243. The number of methoxy groups -OCH3 is 1. The van der Waals surface area contributed by atoms with Crippen LogP contribution in [0.15, 0.2) is 23.2 Å². The van der Waals surface area contributed by atoms with Gasteiger partial charge in [0.2, 0.25) is 11.8 Å². The van der Waals surface area contributed by atoms with Crippen LogP contribution in [0.5, 0.6) is 5.75 Å². The second-order valence-corrected chi connectivity index (χ2v) is 11.4. The standard InChI is InChI=1S/C29H46N4O3/c1-20-16-21(2)18-33(17-20)13-7-12-30-28(34)24-10-14-32(15-11-24)19-25-23(4)36-29(31-25)27-22(3)8-6-9-26(27)35-5/h6,8-9,20-21,23-25H,7,10-19H2,1-5H3,(H,30,34)/t20-,21+,23?,25?. The number of carbonyl (C=O) groups excluding carboxylic acids is 1. The molecule has 4 rings (SSSR count). The third-order valence-electron chi connectivity index (χ3n) is 8.09. The van der Waals surface area contributed by atoms with Crippen LogP contribution in [-0.4, -0.2) is 86.7 Å². The molecule has 3 heterocycles. The maximum atomic E-state index is 12.8. The van der Waals surface area contributed by atoms with Gasteiger partial charge >= 0.3 is 0 Å². The zero-order valence-electron chi connectivity index (χ0n) is 23.0. The van der Waals surface area contributed by atoms with Gasteiger partial charge in [-0.05, 0) is 82.6 Å². The number of rotatable bonds is 9. The summed E-state index contributed by atoms with van der Waals surface area (Å²) in [6.07, 6.45) is 4.23. The number of ether oxygens (including phenoxy) is 2. The lowest BCUT2D eigenvalue weighted by atomic mass is 9.92. The highest BCUT2D eigenvalue weighted by Gasteiger charge is 2.33. The summed E-state index contributed by atoms with van der Waals surface area (Å²) in [5, 5.41) is 3.21. The lowest BCUT2D eigenvalue weighted by Crippen LogP contribution is -2.44. The largest absolute Gasteiger partial charge is 0.496 e. The number of piperidine rings is 2. The predicted molar refractivity (Wildman–Crippen MR) is 145 cm³/mol. The molecule has 2 saturated heterocycles. The van der Waals surface area contributed by atoms with Crippen LogP contribution in [0, 0.1) is 24.7 Å². The van der Waals surface area contributed by atoms with E-state index in [9.17, 15) is 4.79 Å². The highest BCUT2D eigenvalue weighted by Crippen LogP contribution is 2.29. The van der Waals surface area contributed by atoms with Crippen molar-refractivity contribution in [2.75, 3.05) is 52.9 Å². The number of hydrogen-bond donors (Lipinski definition) is 1. The molecule has 0 aliphatic carbocycles. The van der Waals surface area contributed by atoms with E-state index in [-0.39, 0.29) is 24.0 Å². The first kappa shape index (κ1) is 26.9. The molecule has 3 aliphatic rings. The quantitative estimate of drug-likeness (QED) is 0.526. The molecule has 200 valence electrons. The van der Waals surface area contributed by atoms with Crippen molar-refractivity contribution in [2.45, 2.75) is 65.5 Å². The summed E-state index contributed by atoms with van der Waals surface area (Å²) in [5.74, 6) is 3.42. The van der Waals surface area contributed by atoms with Crippen LogP contribution in [-0.2, 0) is 9.53 Å². The van der Waals surface area contributed by atoms with Gasteiger partial charge in [0, 0.05) is 32.1 Å². The van der Waals surface area contributed by atoms with E-state index in [1.165, 1.54) is 19.5 Å². The van der Waals surface area contributed by atoms with Gasteiger partial charge in [-0.1, -0.05) is 26.0 Å². The number of aryl methyl sites for hydroxylation is 1. The minimum Gasteiger partial charge on any atom is -0.496 e. The van der Waals surface area contributed by atoms with Gasteiger partial charge in [-0.2, -0.15) is 0 Å². The van der Waals surface area contributed by atoms with Crippen LogP contribution >= 0.6 is 0 Å². The average molecular weight is 499 g/mol. The molecule has 1 aromatic rings. The molecule has 3 aliphatic heterocycles. The molecule has 1 aromatic carbocycles. The maximum Gasteiger partial charge on any atom is 0.223 e. The summed E-state index contributed by atoms with van der Waals surface area (Å²) >= 11 is 0. The number of nitrogens with one attached hydrogen (secondary N) is 1. The van der Waals surface area contributed by atoms with Crippen molar-refractivity contribution < 1.29 is 14.3 Å². The summed E-state index contributed by atoms with van der Waals surface area (Å²) in [6.45, 7) is 15.9. The zero-order valence-corrected chi connectivity index (χ0v) is 23.0. The Morgan fingerprint density at radius 2 is 1.86 bits per heavy atom. The van der Waals surface area contributed by atoms with Crippen LogP contribution in [0.4, 0.5) is 0 Å². The first-order valence-corrected chi connectivity index (χ1v) is 13.9. The maximum absolute atomic E-state index is 12.8. The summed E-state index contributed by atoms with van der Waals surface area (Å²) in [7, 11) is 1.69. The third-order valence-corrected chi connectivity index (χ3v) is 8.09. The van der Waals surface area contributed by atoms with Crippen LogP contribution in [0.25, 0.3) is 0 Å². The van der Waals surface area contributed by atoms with Gasteiger partial charge in [0.1, 0.15) is 17.9 Å². The fourth-order valence-corrected chi connectivity index (χ4v) is 6.21. The SMILES string of the molecule is COc1cccc(C)c1C1=NC(CN2CCC(C(=O)NCCCN3C[C@H](C)C[C@H](C)C3)CC2)C(C)O1. The van der Waals surface area contributed by atoms with Crippen LogP contribution in [0.3, 0.4) is 0 Å². The zero-order chi connectivity index (χ0) is 25.7. The van der Waals surface area contributed by atoms with Gasteiger partial charge in [0.25, 0.3) is 0 Å². The molecule has 4 atom stereocenters. The van der Waals surface area contributed by atoms with Crippen molar-refractivity contribution >= 4 is 11.8 Å². The van der Waals surface area contributed by atoms with Crippen molar-refractivity contribution in [1.82, 2.24) is 15.1 Å². The number of likely N-dealkylation sites (tertiary alicyclic amines) is 2. The first-order valence-electron chi connectivity index (χ1n) is 13.9. The number of hydrogen-bond acceptors (Lipinski definition) is 6. The van der Waals surface area contributed by atoms with Crippen molar-refractivity contribution in [3.05, 3.63) is 29.3 Å².